The number of carbonyl (C=O) groups is 3. The molecule has 1 aliphatic heterocycles. The Balaban J connectivity index is 2.75. The molecule has 6 heteroatoms. The number of hydrogen-bond acceptors (Lipinski definition) is 4. The number of aliphatic carboxylic acids is 1. The van der Waals surface area contributed by atoms with E-state index in [1.807, 2.05) is 0 Å². The molecule has 0 bridgehead atoms. The predicted molar refractivity (Wildman–Crippen MR) is 44.5 cm³/mol. The molecule has 1 fully saturated rings. The fraction of sp³-hybridized carbons (Fsp3) is 0.625. The number of carbonyl (C=O) groups excluding carboxylic acids is 2. The Kier molecular flexibility index (Phi) is 2.73. The van der Waals surface area contributed by atoms with Crippen molar-refractivity contribution in [1.29, 1.82) is 0 Å². The molecule has 1 N–H and O–H groups in total. The molecule has 1 rings (SSSR count). The van der Waals surface area contributed by atoms with Gasteiger partial charge in [0.25, 0.3) is 5.91 Å². The summed E-state index contributed by atoms with van der Waals surface area (Å²) >= 11 is 0. The minimum atomic E-state index is -1.24. The van der Waals surface area contributed by atoms with Crippen LogP contribution < -0.4 is 0 Å². The van der Waals surface area contributed by atoms with E-state index in [1.165, 1.54) is 0 Å². The van der Waals surface area contributed by atoms with Gasteiger partial charge in [0.1, 0.15) is 6.54 Å². The van der Waals surface area contributed by atoms with Gasteiger partial charge < -0.3 is 9.84 Å². The zero-order valence-corrected chi connectivity index (χ0v) is 7.89. The zero-order valence-electron chi connectivity index (χ0n) is 7.89. The van der Waals surface area contributed by atoms with Crippen LogP contribution in [-0.2, 0) is 14.3 Å². The first kappa shape index (κ1) is 10.5. The van der Waals surface area contributed by atoms with Crippen molar-refractivity contribution in [3.05, 3.63) is 0 Å². The maximum Gasteiger partial charge on any atom is 0.417 e. The molecule has 0 aromatic rings. The maximum atomic E-state index is 11.4. The van der Waals surface area contributed by atoms with Gasteiger partial charge >= 0.3 is 12.1 Å². The largest absolute Gasteiger partial charge is 0.480 e. The van der Waals surface area contributed by atoms with E-state index in [1.54, 1.807) is 13.8 Å². The summed E-state index contributed by atoms with van der Waals surface area (Å²) in [5.41, 5.74) is 0. The van der Waals surface area contributed by atoms with Gasteiger partial charge in [0, 0.05) is 0 Å². The number of imide groups is 1. The van der Waals surface area contributed by atoms with Crippen LogP contribution in [0, 0.1) is 5.92 Å². The van der Waals surface area contributed by atoms with Crippen molar-refractivity contribution in [2.75, 3.05) is 6.54 Å². The summed E-state index contributed by atoms with van der Waals surface area (Å²) in [6.45, 7) is 2.81. The van der Waals surface area contributed by atoms with Crippen LogP contribution in [-0.4, -0.2) is 40.6 Å². The summed E-state index contributed by atoms with van der Waals surface area (Å²) < 4.78 is 4.72. The average Bonchev–Trinajstić information content (AvgIpc) is 2.31. The molecule has 0 spiro atoms. The number of carboxylic acid groups (broad SMARTS) is 1. The lowest BCUT2D eigenvalue weighted by molar-refractivity contribution is -0.142. The Morgan fingerprint density at radius 3 is 2.50 bits per heavy atom. The Hall–Kier alpha value is -1.59. The Bertz CT molecular complexity index is 285. The van der Waals surface area contributed by atoms with Crippen molar-refractivity contribution < 1.29 is 24.2 Å². The van der Waals surface area contributed by atoms with Crippen LogP contribution in [0.15, 0.2) is 0 Å². The van der Waals surface area contributed by atoms with Gasteiger partial charge in [-0.25, -0.2) is 9.69 Å². The topological polar surface area (TPSA) is 83.9 Å². The van der Waals surface area contributed by atoms with Crippen LogP contribution in [0.5, 0.6) is 0 Å². The van der Waals surface area contributed by atoms with Crippen LogP contribution in [0.3, 0.4) is 0 Å². The van der Waals surface area contributed by atoms with Crippen molar-refractivity contribution in [1.82, 2.24) is 4.90 Å². The highest BCUT2D eigenvalue weighted by atomic mass is 16.6. The molecule has 78 valence electrons. The minimum Gasteiger partial charge on any atom is -0.480 e. The fourth-order valence-corrected chi connectivity index (χ4v) is 1.17. The third-order valence-electron chi connectivity index (χ3n) is 1.86. The molecule has 0 unspecified atom stereocenters. The summed E-state index contributed by atoms with van der Waals surface area (Å²) in [5.74, 6) is -1.96. The van der Waals surface area contributed by atoms with Crippen LogP contribution >= 0.6 is 0 Å². The summed E-state index contributed by atoms with van der Waals surface area (Å²) in [6, 6.07) is 0. The van der Waals surface area contributed by atoms with Crippen molar-refractivity contribution in [3.63, 3.8) is 0 Å². The lowest BCUT2D eigenvalue weighted by Crippen LogP contribution is -2.37. The van der Waals surface area contributed by atoms with Crippen LogP contribution in [0.25, 0.3) is 0 Å². The smallest absolute Gasteiger partial charge is 0.417 e. The second-order valence-corrected chi connectivity index (χ2v) is 3.37. The van der Waals surface area contributed by atoms with Crippen molar-refractivity contribution in [3.8, 4) is 0 Å². The van der Waals surface area contributed by atoms with Crippen molar-refractivity contribution >= 4 is 18.0 Å². The molecule has 1 saturated heterocycles. The van der Waals surface area contributed by atoms with E-state index in [2.05, 4.69) is 0 Å². The Morgan fingerprint density at radius 2 is 2.14 bits per heavy atom. The van der Waals surface area contributed by atoms with Crippen molar-refractivity contribution in [2.45, 2.75) is 20.0 Å². The highest BCUT2D eigenvalue weighted by Gasteiger charge is 2.42. The predicted octanol–water partition coefficient (Wildman–Crippen LogP) is 0.0744. The van der Waals surface area contributed by atoms with Crippen LogP contribution in [0.4, 0.5) is 4.79 Å². The second kappa shape index (κ2) is 3.65. The quantitative estimate of drug-likeness (QED) is 0.698. The van der Waals surface area contributed by atoms with E-state index < -0.39 is 30.6 Å². The first-order chi connectivity index (χ1) is 6.43. The fourth-order valence-electron chi connectivity index (χ4n) is 1.17. The number of cyclic esters (lactones) is 1. The highest BCUT2D eigenvalue weighted by molar-refractivity contribution is 6.02. The van der Waals surface area contributed by atoms with E-state index in [-0.39, 0.29) is 5.92 Å². The molecule has 1 heterocycles. The third kappa shape index (κ3) is 1.84. The highest BCUT2D eigenvalue weighted by Crippen LogP contribution is 2.19. The normalized spacial score (nSPS) is 21.6. The molecule has 14 heavy (non-hydrogen) atoms. The molecule has 0 aromatic heterocycles. The lowest BCUT2D eigenvalue weighted by atomic mass is 10.1. The maximum absolute atomic E-state index is 11.4. The van der Waals surface area contributed by atoms with Crippen molar-refractivity contribution in [2.24, 2.45) is 5.92 Å². The third-order valence-corrected chi connectivity index (χ3v) is 1.86. The van der Waals surface area contributed by atoms with E-state index >= 15 is 0 Å². The SMILES string of the molecule is CC(C)[C@@H]1OC(=O)N(CC(=O)O)C1=O. The number of nitrogens with zero attached hydrogens (tertiary/aromatic N) is 1. The van der Waals surface area contributed by atoms with Crippen LogP contribution in [0.2, 0.25) is 0 Å². The van der Waals surface area contributed by atoms with Gasteiger partial charge in [0.2, 0.25) is 0 Å². The first-order valence-electron chi connectivity index (χ1n) is 4.17. The molecule has 0 saturated carbocycles. The molecular weight excluding hydrogens is 190 g/mol. The Labute approximate surface area is 80.4 Å². The van der Waals surface area contributed by atoms with E-state index in [4.69, 9.17) is 9.84 Å². The zero-order chi connectivity index (χ0) is 10.9. The standard InChI is InChI=1S/C8H11NO5/c1-4(2)6-7(12)9(3-5(10)11)8(13)14-6/h4,6H,3H2,1-2H3,(H,10,11)/t6-/m0/s1. The van der Waals surface area contributed by atoms with Gasteiger partial charge in [0.05, 0.1) is 0 Å². The average molecular weight is 201 g/mol. The summed E-state index contributed by atoms with van der Waals surface area (Å²) in [6.07, 6.45) is -1.72. The number of hydrogen-bond donors (Lipinski definition) is 1. The summed E-state index contributed by atoms with van der Waals surface area (Å²) in [5, 5.41) is 8.43. The van der Waals surface area contributed by atoms with Gasteiger partial charge in [0.15, 0.2) is 6.10 Å². The number of amides is 2. The minimum absolute atomic E-state index is 0.148. The molecule has 6 nitrogen and oxygen atoms in total. The summed E-state index contributed by atoms with van der Waals surface area (Å²) in [4.78, 5) is 33.4. The second-order valence-electron chi connectivity index (χ2n) is 3.37. The van der Waals surface area contributed by atoms with Gasteiger partial charge in [-0.05, 0) is 5.92 Å². The molecular formula is C8H11NO5. The monoisotopic (exact) mass is 201 g/mol. The van der Waals surface area contributed by atoms with Gasteiger partial charge in [-0.3, -0.25) is 9.59 Å². The van der Waals surface area contributed by atoms with Crippen LogP contribution in [0.1, 0.15) is 13.8 Å². The first-order valence-corrected chi connectivity index (χ1v) is 4.17. The van der Waals surface area contributed by atoms with Gasteiger partial charge in [-0.2, -0.15) is 0 Å². The van der Waals surface area contributed by atoms with Gasteiger partial charge in [-0.1, -0.05) is 13.8 Å². The lowest BCUT2D eigenvalue weighted by Gasteiger charge is -2.10. The van der Waals surface area contributed by atoms with E-state index in [0.29, 0.717) is 4.90 Å². The summed E-state index contributed by atoms with van der Waals surface area (Å²) in [7, 11) is 0. The van der Waals surface area contributed by atoms with E-state index in [0.717, 1.165) is 0 Å². The number of carboxylic acids is 1. The molecule has 2 amide bonds. The molecule has 1 aliphatic rings. The van der Waals surface area contributed by atoms with E-state index in [9.17, 15) is 14.4 Å². The molecule has 0 aromatic carbocycles. The number of ether oxygens (including phenoxy) is 1. The molecule has 1 atom stereocenters. The Morgan fingerprint density at radius 1 is 1.57 bits per heavy atom. The van der Waals surface area contributed by atoms with Gasteiger partial charge in [-0.15, -0.1) is 0 Å². The molecule has 0 aliphatic carbocycles. The molecule has 0 radical (unpaired) electrons. The number of rotatable bonds is 3.